The molecule has 1 aromatic heterocycles. The molecule has 1 fully saturated rings. The van der Waals surface area contributed by atoms with Gasteiger partial charge in [-0.3, -0.25) is 4.68 Å². The van der Waals surface area contributed by atoms with Crippen molar-refractivity contribution in [3.63, 3.8) is 0 Å². The summed E-state index contributed by atoms with van der Waals surface area (Å²) in [6, 6.07) is 5.20. The third-order valence-electron chi connectivity index (χ3n) is 6.89. The van der Waals surface area contributed by atoms with Crippen LogP contribution >= 0.6 is 0 Å². The maximum atomic E-state index is 12.8. The Labute approximate surface area is 219 Å². The number of benzene rings is 1. The summed E-state index contributed by atoms with van der Waals surface area (Å²) >= 11 is 0. The number of fused-ring (bicyclic) bond motifs is 5. The van der Waals surface area contributed by atoms with E-state index in [-0.39, 0.29) is 6.10 Å². The second-order valence-corrected chi connectivity index (χ2v) is 9.58. The minimum atomic E-state index is -0.394. The van der Waals surface area contributed by atoms with E-state index in [0.717, 1.165) is 71.4 Å². The molecule has 0 N–H and O–H groups in total. The molecule has 1 aromatic carbocycles. The van der Waals surface area contributed by atoms with E-state index in [2.05, 4.69) is 14.9 Å². The third kappa shape index (κ3) is 7.75. The quantitative estimate of drug-likeness (QED) is 0.569. The summed E-state index contributed by atoms with van der Waals surface area (Å²) < 4.78 is 30.7. The minimum Gasteiger partial charge on any atom is -0.493 e. The van der Waals surface area contributed by atoms with Crippen LogP contribution in [-0.4, -0.2) is 98.4 Å². The molecule has 3 unspecified atom stereocenters. The van der Waals surface area contributed by atoms with Crippen LogP contribution in [0.15, 0.2) is 24.4 Å². The second kappa shape index (κ2) is 13.5. The van der Waals surface area contributed by atoms with Crippen LogP contribution in [0, 0.1) is 0 Å². The Kier molecular flexibility index (Phi) is 9.90. The van der Waals surface area contributed by atoms with Crippen LogP contribution in [0.2, 0.25) is 0 Å². The fourth-order valence-electron chi connectivity index (χ4n) is 4.87. The van der Waals surface area contributed by atoms with Crippen molar-refractivity contribution < 1.29 is 28.5 Å². The molecule has 0 saturated carbocycles. The van der Waals surface area contributed by atoms with Crippen LogP contribution < -0.4 is 18.9 Å². The van der Waals surface area contributed by atoms with E-state index in [0.29, 0.717) is 41.9 Å². The zero-order valence-electron chi connectivity index (χ0n) is 22.3. The standard InChI is InChI=1S/C27H40N4O6/c1-29-13-9-25(28-29)37-22-7-4-17-35-24-20-21(19-23(33-2)26(24)34-3)27(32)36-18-6-12-30-10-5-11-31(14-8-22)16-15-30/h9,13,19-20,22H,4-8,10-12,14-18H2,1-3H3. The molecule has 0 spiro atoms. The molecule has 4 bridgehead atoms. The Bertz CT molecular complexity index is 1010. The predicted molar refractivity (Wildman–Crippen MR) is 139 cm³/mol. The summed E-state index contributed by atoms with van der Waals surface area (Å²) in [5.41, 5.74) is 0.382. The number of aryl methyl sites for hydroxylation is 1. The zero-order chi connectivity index (χ0) is 26.0. The molecular formula is C27H40N4O6. The van der Waals surface area contributed by atoms with E-state index in [9.17, 15) is 4.79 Å². The largest absolute Gasteiger partial charge is 0.493 e. The van der Waals surface area contributed by atoms with Crippen molar-refractivity contribution in [3.05, 3.63) is 30.0 Å². The van der Waals surface area contributed by atoms with Crippen molar-refractivity contribution in [2.75, 3.05) is 66.7 Å². The van der Waals surface area contributed by atoms with Gasteiger partial charge < -0.3 is 33.5 Å². The molecule has 204 valence electrons. The first-order valence-electron chi connectivity index (χ1n) is 13.2. The van der Waals surface area contributed by atoms with E-state index in [4.69, 9.17) is 23.7 Å². The summed E-state index contributed by atoms with van der Waals surface area (Å²) in [5.74, 6) is 1.60. The van der Waals surface area contributed by atoms with E-state index >= 15 is 0 Å². The lowest BCUT2D eigenvalue weighted by Crippen LogP contribution is -2.34. The number of carbonyl (C=O) groups is 1. The highest BCUT2D eigenvalue weighted by Crippen LogP contribution is 2.38. The average molecular weight is 517 g/mol. The van der Waals surface area contributed by atoms with Gasteiger partial charge in [-0.05, 0) is 57.3 Å². The Balaban J connectivity index is 1.50. The molecule has 2 aromatic rings. The average Bonchev–Trinajstić information content (AvgIpc) is 3.17. The summed E-state index contributed by atoms with van der Waals surface area (Å²) in [6.07, 6.45) is 6.35. The van der Waals surface area contributed by atoms with Gasteiger partial charge >= 0.3 is 5.97 Å². The molecule has 3 heterocycles. The molecule has 10 nitrogen and oxygen atoms in total. The van der Waals surface area contributed by atoms with Crippen molar-refractivity contribution >= 4 is 5.97 Å². The summed E-state index contributed by atoms with van der Waals surface area (Å²) in [7, 11) is 4.99. The first-order chi connectivity index (χ1) is 18.1. The molecule has 1 saturated heterocycles. The number of cyclic esters (lactones) is 1. The Morgan fingerprint density at radius 3 is 2.38 bits per heavy atom. The van der Waals surface area contributed by atoms with Crippen LogP contribution in [0.1, 0.15) is 42.5 Å². The molecule has 0 aliphatic carbocycles. The summed E-state index contributed by atoms with van der Waals surface area (Å²) in [5, 5.41) is 4.41. The highest BCUT2D eigenvalue weighted by molar-refractivity contribution is 5.91. The predicted octanol–water partition coefficient (Wildman–Crippen LogP) is 3.00. The minimum absolute atomic E-state index is 0.0256. The summed E-state index contributed by atoms with van der Waals surface area (Å²) in [4.78, 5) is 17.8. The molecule has 37 heavy (non-hydrogen) atoms. The van der Waals surface area contributed by atoms with Crippen molar-refractivity contribution in [1.29, 1.82) is 0 Å². The number of esters is 1. The first-order valence-corrected chi connectivity index (χ1v) is 13.2. The molecule has 2 aliphatic rings. The van der Waals surface area contributed by atoms with E-state index < -0.39 is 5.97 Å². The Morgan fingerprint density at radius 2 is 1.65 bits per heavy atom. The zero-order valence-corrected chi connectivity index (χ0v) is 22.3. The molecule has 10 heteroatoms. The number of hydrogen-bond donors (Lipinski definition) is 0. The van der Waals surface area contributed by atoms with Gasteiger partial charge in [-0.25, -0.2) is 4.79 Å². The van der Waals surface area contributed by atoms with Crippen molar-refractivity contribution in [1.82, 2.24) is 19.6 Å². The Morgan fingerprint density at radius 1 is 0.892 bits per heavy atom. The fraction of sp³-hybridized carbons (Fsp3) is 0.630. The highest BCUT2D eigenvalue weighted by Gasteiger charge is 2.21. The van der Waals surface area contributed by atoms with Crippen LogP contribution in [-0.2, 0) is 11.8 Å². The van der Waals surface area contributed by atoms with Gasteiger partial charge in [0, 0.05) is 45.5 Å². The van der Waals surface area contributed by atoms with E-state index in [1.165, 1.54) is 0 Å². The van der Waals surface area contributed by atoms with Gasteiger partial charge in [0.2, 0.25) is 11.6 Å². The van der Waals surface area contributed by atoms with Gasteiger partial charge in [-0.2, -0.15) is 0 Å². The highest BCUT2D eigenvalue weighted by atomic mass is 16.5. The maximum Gasteiger partial charge on any atom is 0.338 e. The van der Waals surface area contributed by atoms with Gasteiger partial charge in [0.05, 0.1) is 33.0 Å². The van der Waals surface area contributed by atoms with Crippen molar-refractivity contribution in [3.8, 4) is 23.1 Å². The van der Waals surface area contributed by atoms with E-state index in [1.807, 2.05) is 19.3 Å². The normalized spacial score (nSPS) is 24.0. The molecule has 2 aliphatic heterocycles. The Hall–Kier alpha value is -2.98. The van der Waals surface area contributed by atoms with Gasteiger partial charge in [-0.15, -0.1) is 5.10 Å². The lowest BCUT2D eigenvalue weighted by molar-refractivity contribution is 0.0487. The lowest BCUT2D eigenvalue weighted by Gasteiger charge is -2.24. The topological polar surface area (TPSA) is 87.5 Å². The van der Waals surface area contributed by atoms with Gasteiger partial charge in [0.25, 0.3) is 0 Å². The summed E-state index contributed by atoms with van der Waals surface area (Å²) in [6.45, 7) is 6.91. The number of ether oxygens (including phenoxy) is 5. The second-order valence-electron chi connectivity index (χ2n) is 9.58. The first kappa shape index (κ1) is 27.1. The number of carbonyl (C=O) groups excluding carboxylic acids is 1. The number of rotatable bonds is 4. The van der Waals surface area contributed by atoms with Gasteiger partial charge in [0.15, 0.2) is 11.5 Å². The van der Waals surface area contributed by atoms with Gasteiger partial charge in [-0.1, -0.05) is 0 Å². The van der Waals surface area contributed by atoms with Crippen LogP contribution in [0.5, 0.6) is 23.1 Å². The number of nitrogens with zero attached hydrogens (tertiary/aromatic N) is 4. The maximum absolute atomic E-state index is 12.8. The SMILES string of the molecule is COc1cc2cc(c1OC)OCCCC(Oc1ccn(C)n1)CCN1CCCN(CCCOC2=O)CC1. The van der Waals surface area contributed by atoms with Crippen LogP contribution in [0.3, 0.4) is 0 Å². The number of aromatic nitrogens is 2. The molecule has 0 amide bonds. The molecule has 3 atom stereocenters. The monoisotopic (exact) mass is 516 g/mol. The number of hydrogen-bond acceptors (Lipinski definition) is 9. The fourth-order valence-corrected chi connectivity index (χ4v) is 4.87. The van der Waals surface area contributed by atoms with Crippen molar-refractivity contribution in [2.45, 2.75) is 38.2 Å². The molecular weight excluding hydrogens is 476 g/mol. The van der Waals surface area contributed by atoms with Gasteiger partial charge in [0.1, 0.15) is 6.10 Å². The van der Waals surface area contributed by atoms with Crippen molar-refractivity contribution in [2.24, 2.45) is 7.05 Å². The number of methoxy groups -OCH3 is 2. The third-order valence-corrected chi connectivity index (χ3v) is 6.89. The van der Waals surface area contributed by atoms with E-state index in [1.54, 1.807) is 31.0 Å². The smallest absolute Gasteiger partial charge is 0.338 e. The van der Waals surface area contributed by atoms with Crippen LogP contribution in [0.25, 0.3) is 0 Å². The lowest BCUT2D eigenvalue weighted by atomic mass is 10.1. The molecule has 4 rings (SSSR count). The van der Waals surface area contributed by atoms with Crippen LogP contribution in [0.4, 0.5) is 0 Å². The molecule has 0 radical (unpaired) electrons.